The Labute approximate surface area is 186 Å². The number of likely N-dealkylation sites (tertiary alicyclic amines) is 1. The van der Waals surface area contributed by atoms with E-state index in [-0.39, 0.29) is 36.9 Å². The zero-order valence-corrected chi connectivity index (χ0v) is 19.5. The Morgan fingerprint density at radius 3 is 2.65 bits per heavy atom. The van der Waals surface area contributed by atoms with Crippen LogP contribution >= 0.6 is 0 Å². The number of carbonyl (C=O) groups excluding carboxylic acids is 3. The molecule has 3 fully saturated rings. The minimum Gasteiger partial charge on any atom is -0.346 e. The minimum atomic E-state index is -0.765. The number of hydroxylamine groups is 2. The largest absolute Gasteiger partial charge is 0.346 e. The van der Waals surface area contributed by atoms with Crippen LogP contribution in [0.3, 0.4) is 0 Å². The number of fused-ring (bicyclic) bond motifs is 1. The summed E-state index contributed by atoms with van der Waals surface area (Å²) in [5.74, 6) is 1.08. The number of nitrogens with one attached hydrogen (secondary N) is 1. The summed E-state index contributed by atoms with van der Waals surface area (Å²) in [7, 11) is 0. The Morgan fingerprint density at radius 1 is 1.23 bits per heavy atom. The first-order chi connectivity index (χ1) is 14.8. The van der Waals surface area contributed by atoms with Crippen LogP contribution in [0, 0.1) is 23.2 Å². The van der Waals surface area contributed by atoms with Crippen molar-refractivity contribution in [3.8, 4) is 0 Å². The van der Waals surface area contributed by atoms with E-state index in [1.165, 1.54) is 25.7 Å². The third kappa shape index (κ3) is 5.41. The lowest BCUT2D eigenvalue weighted by molar-refractivity contribution is -0.157. The van der Waals surface area contributed by atoms with Gasteiger partial charge in [0, 0.05) is 12.1 Å². The monoisotopic (exact) mass is 435 g/mol. The van der Waals surface area contributed by atoms with E-state index in [0.29, 0.717) is 35.8 Å². The van der Waals surface area contributed by atoms with Crippen molar-refractivity contribution in [1.29, 1.82) is 0 Å². The normalized spacial score (nSPS) is 32.4. The van der Waals surface area contributed by atoms with Gasteiger partial charge < -0.3 is 10.2 Å². The quantitative estimate of drug-likeness (QED) is 0.313. The summed E-state index contributed by atoms with van der Waals surface area (Å²) < 4.78 is 0. The van der Waals surface area contributed by atoms with Crippen LogP contribution in [0.1, 0.15) is 85.0 Å². The van der Waals surface area contributed by atoms with Gasteiger partial charge in [0.05, 0.1) is 18.5 Å². The molecule has 31 heavy (non-hydrogen) atoms. The molecule has 0 aromatic heterocycles. The fourth-order valence-electron chi connectivity index (χ4n) is 6.27. The summed E-state index contributed by atoms with van der Waals surface area (Å²) in [5, 5.41) is 13.2. The molecule has 2 N–H and O–H groups in total. The number of piperidine rings is 1. The van der Waals surface area contributed by atoms with Crippen LogP contribution in [0.4, 0.5) is 0 Å². The van der Waals surface area contributed by atoms with Crippen molar-refractivity contribution in [2.75, 3.05) is 13.1 Å². The summed E-state index contributed by atoms with van der Waals surface area (Å²) in [6.45, 7) is 6.47. The maximum absolute atomic E-state index is 13.4. The van der Waals surface area contributed by atoms with Crippen molar-refractivity contribution < 1.29 is 19.6 Å². The van der Waals surface area contributed by atoms with Gasteiger partial charge in [-0.3, -0.25) is 19.6 Å². The highest BCUT2D eigenvalue weighted by Crippen LogP contribution is 2.55. The molecule has 0 aromatic carbocycles. The lowest BCUT2D eigenvalue weighted by Crippen LogP contribution is -2.57. The fourth-order valence-corrected chi connectivity index (χ4v) is 6.27. The molecule has 3 rings (SSSR count). The highest BCUT2D eigenvalue weighted by Gasteiger charge is 2.60. The Balaban J connectivity index is 1.66. The maximum Gasteiger partial charge on any atom is 0.242 e. The zero-order valence-electron chi connectivity index (χ0n) is 19.5. The maximum atomic E-state index is 13.4. The van der Waals surface area contributed by atoms with Gasteiger partial charge in [-0.25, -0.2) is 5.06 Å². The first-order valence-corrected chi connectivity index (χ1v) is 12.3. The standard InChI is InChI=1S/C24H41N3O4/c1-4-7-19-13-24(19,15-26(31)16-28)23(30)25-14-22(29)27-20(12-17(2)3)11-10-18-8-5-6-9-21(18)27/h16-21,31H,4-15H2,1-3H3,(H,25,30). The van der Waals surface area contributed by atoms with Gasteiger partial charge in [0.25, 0.3) is 0 Å². The van der Waals surface area contributed by atoms with E-state index in [0.717, 1.165) is 32.1 Å². The number of rotatable bonds is 10. The molecule has 3 amide bonds. The Bertz CT molecular complexity index is 655. The second-order valence-electron chi connectivity index (χ2n) is 10.5. The topological polar surface area (TPSA) is 90.0 Å². The van der Waals surface area contributed by atoms with Crippen molar-refractivity contribution in [2.45, 2.75) is 97.1 Å². The van der Waals surface area contributed by atoms with Crippen LogP contribution in [0.25, 0.3) is 0 Å². The molecular weight excluding hydrogens is 394 g/mol. The summed E-state index contributed by atoms with van der Waals surface area (Å²) >= 11 is 0. The molecule has 2 aliphatic carbocycles. The SMILES string of the molecule is CCCC1CC1(CN(O)C=O)C(=O)NCC(=O)N1C(CC(C)C)CCC2CCCCC21. The Morgan fingerprint density at radius 2 is 1.97 bits per heavy atom. The van der Waals surface area contributed by atoms with Crippen molar-refractivity contribution in [2.24, 2.45) is 23.2 Å². The average molecular weight is 436 g/mol. The van der Waals surface area contributed by atoms with E-state index in [2.05, 4.69) is 31.0 Å². The molecule has 2 saturated carbocycles. The second kappa shape index (κ2) is 10.3. The van der Waals surface area contributed by atoms with Crippen molar-refractivity contribution in [3.63, 3.8) is 0 Å². The average Bonchev–Trinajstić information content (AvgIpc) is 3.44. The summed E-state index contributed by atoms with van der Waals surface area (Å²) in [6, 6.07) is 0.566. The van der Waals surface area contributed by atoms with E-state index in [9.17, 15) is 19.6 Å². The van der Waals surface area contributed by atoms with E-state index >= 15 is 0 Å². The molecule has 5 unspecified atom stereocenters. The molecule has 176 valence electrons. The summed E-state index contributed by atoms with van der Waals surface area (Å²) in [5.41, 5.74) is -0.765. The number of amides is 3. The molecule has 1 saturated heterocycles. The highest BCUT2D eigenvalue weighted by molar-refractivity contribution is 5.90. The van der Waals surface area contributed by atoms with E-state index in [1.807, 2.05) is 0 Å². The van der Waals surface area contributed by atoms with Gasteiger partial charge in [-0.2, -0.15) is 0 Å². The van der Waals surface area contributed by atoms with Gasteiger partial charge in [0.2, 0.25) is 18.2 Å². The molecule has 7 heteroatoms. The van der Waals surface area contributed by atoms with Gasteiger partial charge in [-0.05, 0) is 62.7 Å². The highest BCUT2D eigenvalue weighted by atomic mass is 16.5. The minimum absolute atomic E-state index is 0.00373. The molecule has 0 radical (unpaired) electrons. The molecule has 1 heterocycles. The second-order valence-corrected chi connectivity index (χ2v) is 10.5. The van der Waals surface area contributed by atoms with Crippen LogP contribution in [-0.2, 0) is 14.4 Å². The summed E-state index contributed by atoms with van der Waals surface area (Å²) in [6.07, 6.45) is 10.8. The van der Waals surface area contributed by atoms with Gasteiger partial charge in [0.15, 0.2) is 0 Å². The fraction of sp³-hybridized carbons (Fsp3) is 0.875. The van der Waals surface area contributed by atoms with Crippen LogP contribution in [0.2, 0.25) is 0 Å². The van der Waals surface area contributed by atoms with Gasteiger partial charge in [-0.1, -0.05) is 40.0 Å². The van der Waals surface area contributed by atoms with Crippen molar-refractivity contribution in [1.82, 2.24) is 15.3 Å². The Kier molecular flexibility index (Phi) is 8.00. The molecule has 0 aromatic rings. The molecule has 0 bridgehead atoms. The first kappa shape index (κ1) is 24.0. The molecule has 5 atom stereocenters. The summed E-state index contributed by atoms with van der Waals surface area (Å²) in [4.78, 5) is 39.5. The molecule has 7 nitrogen and oxygen atoms in total. The zero-order chi connectivity index (χ0) is 22.6. The predicted octanol–water partition coefficient (Wildman–Crippen LogP) is 3.35. The van der Waals surface area contributed by atoms with Crippen molar-refractivity contribution >= 4 is 18.2 Å². The van der Waals surface area contributed by atoms with Crippen LogP contribution in [-0.4, -0.2) is 58.6 Å². The number of carbonyl (C=O) groups is 3. The van der Waals surface area contributed by atoms with E-state index < -0.39 is 5.41 Å². The smallest absolute Gasteiger partial charge is 0.242 e. The van der Waals surface area contributed by atoms with Crippen LogP contribution < -0.4 is 5.32 Å². The van der Waals surface area contributed by atoms with Crippen LogP contribution in [0.5, 0.6) is 0 Å². The Hall–Kier alpha value is -1.63. The molecule has 0 spiro atoms. The number of hydrogen-bond acceptors (Lipinski definition) is 4. The van der Waals surface area contributed by atoms with E-state index in [4.69, 9.17) is 0 Å². The molecule has 1 aliphatic heterocycles. The molecular formula is C24H41N3O4. The lowest BCUT2D eigenvalue weighted by Gasteiger charge is -2.49. The van der Waals surface area contributed by atoms with E-state index in [1.54, 1.807) is 0 Å². The molecule has 3 aliphatic rings. The first-order valence-electron chi connectivity index (χ1n) is 12.3. The third-order valence-electron chi connectivity index (χ3n) is 7.81. The predicted molar refractivity (Wildman–Crippen MR) is 118 cm³/mol. The third-order valence-corrected chi connectivity index (χ3v) is 7.81. The van der Waals surface area contributed by atoms with Gasteiger partial charge in [0.1, 0.15) is 0 Å². The van der Waals surface area contributed by atoms with Gasteiger partial charge >= 0.3 is 0 Å². The van der Waals surface area contributed by atoms with Gasteiger partial charge in [-0.15, -0.1) is 0 Å². The van der Waals surface area contributed by atoms with Crippen LogP contribution in [0.15, 0.2) is 0 Å². The number of hydrogen-bond donors (Lipinski definition) is 2. The van der Waals surface area contributed by atoms with Crippen molar-refractivity contribution in [3.05, 3.63) is 0 Å². The number of nitrogens with zero attached hydrogens (tertiary/aromatic N) is 2. The lowest BCUT2D eigenvalue weighted by atomic mass is 9.75.